The second-order valence-corrected chi connectivity index (χ2v) is 5.17. The van der Waals surface area contributed by atoms with Crippen LogP contribution >= 0.6 is 0 Å². The van der Waals surface area contributed by atoms with E-state index in [1.54, 1.807) is 18.3 Å². The Balaban J connectivity index is 1.75. The van der Waals surface area contributed by atoms with Gasteiger partial charge in [0.25, 0.3) is 0 Å². The van der Waals surface area contributed by atoms with E-state index in [-0.39, 0.29) is 5.82 Å². The summed E-state index contributed by atoms with van der Waals surface area (Å²) < 4.78 is 13.0. The Labute approximate surface area is 129 Å². The molecule has 110 valence electrons. The van der Waals surface area contributed by atoms with E-state index in [4.69, 9.17) is 0 Å². The Kier molecular flexibility index (Phi) is 4.15. The van der Waals surface area contributed by atoms with Gasteiger partial charge in [-0.1, -0.05) is 36.4 Å². The minimum atomic E-state index is -0.232. The van der Waals surface area contributed by atoms with Gasteiger partial charge in [-0.3, -0.25) is 0 Å². The minimum absolute atomic E-state index is 0.232. The van der Waals surface area contributed by atoms with Gasteiger partial charge < -0.3 is 4.98 Å². The lowest BCUT2D eigenvalue weighted by atomic mass is 10.1. The quantitative estimate of drug-likeness (QED) is 0.732. The topological polar surface area (TPSA) is 28.7 Å². The molecule has 0 unspecified atom stereocenters. The fraction of sp³-hybridized carbons (Fsp3) is 0.105. The minimum Gasteiger partial charge on any atom is -0.342 e. The Morgan fingerprint density at radius 2 is 1.77 bits per heavy atom. The van der Waals surface area contributed by atoms with E-state index >= 15 is 0 Å². The molecule has 3 rings (SSSR count). The van der Waals surface area contributed by atoms with E-state index < -0.39 is 0 Å². The molecule has 3 heteroatoms. The summed E-state index contributed by atoms with van der Waals surface area (Å²) in [5, 5.41) is 0. The average molecular weight is 292 g/mol. The Morgan fingerprint density at radius 1 is 1.05 bits per heavy atom. The summed E-state index contributed by atoms with van der Waals surface area (Å²) in [6.45, 7) is 2.01. The number of aromatic amines is 1. The maximum atomic E-state index is 13.0. The molecule has 0 amide bonds. The normalized spacial score (nSPS) is 11.2. The molecule has 1 N–H and O–H groups in total. The molecule has 0 atom stereocenters. The molecule has 0 fully saturated rings. The summed E-state index contributed by atoms with van der Waals surface area (Å²) in [5.74, 6) is 0.669. The highest BCUT2D eigenvalue weighted by molar-refractivity contribution is 5.58. The van der Waals surface area contributed by atoms with Crippen LogP contribution in [0.3, 0.4) is 0 Å². The summed E-state index contributed by atoms with van der Waals surface area (Å²) in [5.41, 5.74) is 4.23. The van der Waals surface area contributed by atoms with E-state index in [0.717, 1.165) is 23.5 Å². The maximum Gasteiger partial charge on any atom is 0.123 e. The summed E-state index contributed by atoms with van der Waals surface area (Å²) in [7, 11) is 0. The number of benzene rings is 2. The Hall–Kier alpha value is -2.68. The van der Waals surface area contributed by atoms with Crippen molar-refractivity contribution in [2.75, 3.05) is 0 Å². The van der Waals surface area contributed by atoms with Crippen molar-refractivity contribution in [1.29, 1.82) is 0 Å². The van der Waals surface area contributed by atoms with Gasteiger partial charge in [0.05, 0.1) is 11.9 Å². The summed E-state index contributed by atoms with van der Waals surface area (Å²) in [4.78, 5) is 7.70. The van der Waals surface area contributed by atoms with Crippen molar-refractivity contribution in [1.82, 2.24) is 9.97 Å². The summed E-state index contributed by atoms with van der Waals surface area (Å²) >= 11 is 0. The van der Waals surface area contributed by atoms with Crippen LogP contribution in [0.5, 0.6) is 0 Å². The summed E-state index contributed by atoms with van der Waals surface area (Å²) in [6.07, 6.45) is 6.63. The Morgan fingerprint density at radius 3 is 2.45 bits per heavy atom. The zero-order chi connectivity index (χ0) is 15.4. The second kappa shape index (κ2) is 6.39. The smallest absolute Gasteiger partial charge is 0.123 e. The number of imidazole rings is 1. The highest BCUT2D eigenvalue weighted by Gasteiger charge is 2.04. The first-order valence-corrected chi connectivity index (χ1v) is 7.26. The Bertz CT molecular complexity index is 768. The van der Waals surface area contributed by atoms with Gasteiger partial charge in [-0.25, -0.2) is 9.37 Å². The van der Waals surface area contributed by atoms with E-state index in [1.807, 2.05) is 13.0 Å². The largest absolute Gasteiger partial charge is 0.342 e. The molecule has 3 aromatic rings. The molecule has 0 saturated carbocycles. The van der Waals surface area contributed by atoms with Crippen LogP contribution in [-0.4, -0.2) is 9.97 Å². The number of H-pyrrole nitrogens is 1. The second-order valence-electron chi connectivity index (χ2n) is 5.17. The number of nitrogens with one attached hydrogen (secondary N) is 1. The monoisotopic (exact) mass is 292 g/mol. The average Bonchev–Trinajstić information content (AvgIpc) is 2.99. The molecule has 0 spiro atoms. The third kappa shape index (κ3) is 3.31. The molecule has 1 heterocycles. The molecule has 2 aromatic carbocycles. The number of allylic oxidation sites excluding steroid dienone is 1. The third-order valence-electron chi connectivity index (χ3n) is 3.49. The molecule has 1 aromatic heterocycles. The van der Waals surface area contributed by atoms with Crippen LogP contribution in [-0.2, 0) is 6.42 Å². The van der Waals surface area contributed by atoms with E-state index in [1.165, 1.54) is 23.3 Å². The van der Waals surface area contributed by atoms with Crippen LogP contribution in [0.1, 0.15) is 23.9 Å². The lowest BCUT2D eigenvalue weighted by molar-refractivity contribution is 0.628. The van der Waals surface area contributed by atoms with E-state index in [2.05, 4.69) is 40.3 Å². The van der Waals surface area contributed by atoms with E-state index in [9.17, 15) is 4.39 Å². The molecule has 0 aliphatic rings. The predicted molar refractivity (Wildman–Crippen MR) is 87.9 cm³/mol. The first kappa shape index (κ1) is 14.3. The number of rotatable bonds is 4. The molecule has 0 radical (unpaired) electrons. The number of hydrogen-bond acceptors (Lipinski definition) is 1. The third-order valence-corrected chi connectivity index (χ3v) is 3.49. The van der Waals surface area contributed by atoms with Gasteiger partial charge in [-0.2, -0.15) is 0 Å². The first-order chi connectivity index (χ1) is 10.7. The molecular weight excluding hydrogens is 275 g/mol. The first-order valence-electron chi connectivity index (χ1n) is 7.26. The van der Waals surface area contributed by atoms with Crippen LogP contribution in [0.4, 0.5) is 4.39 Å². The lowest BCUT2D eigenvalue weighted by Gasteiger charge is -2.00. The highest BCUT2D eigenvalue weighted by atomic mass is 19.1. The number of hydrogen-bond donors (Lipinski definition) is 1. The van der Waals surface area contributed by atoms with Gasteiger partial charge in [0.15, 0.2) is 0 Å². The van der Waals surface area contributed by atoms with Crippen LogP contribution < -0.4 is 0 Å². The predicted octanol–water partition coefficient (Wildman–Crippen LogP) is 4.84. The van der Waals surface area contributed by atoms with Gasteiger partial charge >= 0.3 is 0 Å². The fourth-order valence-corrected chi connectivity index (χ4v) is 2.36. The molecule has 0 aliphatic carbocycles. The van der Waals surface area contributed by atoms with Crippen molar-refractivity contribution >= 4 is 6.08 Å². The standard InChI is InChI=1S/C19H17FN2/c1-2-3-14-4-6-15(7-5-14)12-19-21-13-18(22-19)16-8-10-17(20)11-9-16/h2-11,13H,12H2,1H3,(H,21,22)/b3-2+. The molecular formula is C19H17FN2. The van der Waals surface area contributed by atoms with Crippen LogP contribution in [0.2, 0.25) is 0 Å². The van der Waals surface area contributed by atoms with Gasteiger partial charge in [0.1, 0.15) is 11.6 Å². The number of aromatic nitrogens is 2. The van der Waals surface area contributed by atoms with E-state index in [0.29, 0.717) is 0 Å². The fourth-order valence-electron chi connectivity index (χ4n) is 2.36. The molecule has 22 heavy (non-hydrogen) atoms. The maximum absolute atomic E-state index is 13.0. The molecule has 0 bridgehead atoms. The van der Waals surface area contributed by atoms with Crippen molar-refractivity contribution in [3.05, 3.63) is 83.6 Å². The summed E-state index contributed by atoms with van der Waals surface area (Å²) in [6, 6.07) is 14.8. The molecule has 0 aliphatic heterocycles. The van der Waals surface area contributed by atoms with Crippen molar-refractivity contribution in [2.45, 2.75) is 13.3 Å². The number of nitrogens with zero attached hydrogens (tertiary/aromatic N) is 1. The number of halogens is 1. The highest BCUT2D eigenvalue weighted by Crippen LogP contribution is 2.18. The van der Waals surface area contributed by atoms with Gasteiger partial charge in [-0.15, -0.1) is 0 Å². The van der Waals surface area contributed by atoms with Crippen LogP contribution in [0.25, 0.3) is 17.3 Å². The van der Waals surface area contributed by atoms with Crippen molar-refractivity contribution in [2.24, 2.45) is 0 Å². The van der Waals surface area contributed by atoms with Crippen LogP contribution in [0.15, 0.2) is 60.8 Å². The van der Waals surface area contributed by atoms with Gasteiger partial charge in [0, 0.05) is 6.42 Å². The van der Waals surface area contributed by atoms with Gasteiger partial charge in [-0.05, 0) is 47.9 Å². The van der Waals surface area contributed by atoms with Gasteiger partial charge in [0.2, 0.25) is 0 Å². The zero-order valence-corrected chi connectivity index (χ0v) is 12.4. The molecule has 0 saturated heterocycles. The van der Waals surface area contributed by atoms with Crippen molar-refractivity contribution < 1.29 is 4.39 Å². The lowest BCUT2D eigenvalue weighted by Crippen LogP contribution is -1.91. The zero-order valence-electron chi connectivity index (χ0n) is 12.4. The van der Waals surface area contributed by atoms with Crippen molar-refractivity contribution in [3.63, 3.8) is 0 Å². The SMILES string of the molecule is C/C=C/c1ccc(Cc2ncc(-c3ccc(F)cc3)[nH]2)cc1. The molecule has 2 nitrogen and oxygen atoms in total. The van der Waals surface area contributed by atoms with Crippen LogP contribution in [0, 0.1) is 5.82 Å². The van der Waals surface area contributed by atoms with Crippen molar-refractivity contribution in [3.8, 4) is 11.3 Å².